The number of aromatic nitrogens is 2. The molecule has 0 aliphatic carbocycles. The van der Waals surface area contributed by atoms with Gasteiger partial charge in [-0.25, -0.2) is 13.1 Å². The number of nitrogens with one attached hydrogen (secondary N) is 1. The van der Waals surface area contributed by atoms with E-state index < -0.39 is 10.0 Å². The molecule has 0 fully saturated rings. The molecule has 21 heavy (non-hydrogen) atoms. The van der Waals surface area contributed by atoms with E-state index in [0.717, 1.165) is 21.3 Å². The van der Waals surface area contributed by atoms with Crippen LogP contribution < -0.4 is 4.72 Å². The summed E-state index contributed by atoms with van der Waals surface area (Å²) in [7, 11) is -1.80. The zero-order chi connectivity index (χ0) is 15.8. The molecule has 5 nitrogen and oxygen atoms in total. The molecule has 0 unspecified atom stereocenters. The third-order valence-corrected chi connectivity index (χ3v) is 6.28. The van der Waals surface area contributed by atoms with E-state index in [0.29, 0.717) is 4.47 Å². The number of benzene rings is 1. The van der Waals surface area contributed by atoms with Crippen molar-refractivity contribution in [2.75, 3.05) is 0 Å². The van der Waals surface area contributed by atoms with Gasteiger partial charge in [0, 0.05) is 34.3 Å². The minimum absolute atomic E-state index is 0.208. The highest BCUT2D eigenvalue weighted by molar-refractivity contribution is 9.11. The highest BCUT2D eigenvalue weighted by Gasteiger charge is 2.19. The fourth-order valence-electron chi connectivity index (χ4n) is 1.91. The Balaban J connectivity index is 2.27. The van der Waals surface area contributed by atoms with E-state index in [9.17, 15) is 8.42 Å². The van der Waals surface area contributed by atoms with E-state index >= 15 is 0 Å². The molecule has 0 atom stereocenters. The summed E-state index contributed by atoms with van der Waals surface area (Å²) in [5, 5.41) is 4.19. The van der Waals surface area contributed by atoms with Gasteiger partial charge in [0.2, 0.25) is 10.0 Å². The first kappa shape index (κ1) is 16.7. The quantitative estimate of drug-likeness (QED) is 0.800. The third kappa shape index (κ3) is 3.74. The van der Waals surface area contributed by atoms with Gasteiger partial charge in [0.25, 0.3) is 0 Å². The second kappa shape index (κ2) is 6.20. The molecule has 0 aliphatic rings. The van der Waals surface area contributed by atoms with E-state index in [1.165, 1.54) is 0 Å². The van der Waals surface area contributed by atoms with Crippen molar-refractivity contribution in [3.8, 4) is 0 Å². The Morgan fingerprint density at radius 3 is 2.48 bits per heavy atom. The maximum Gasteiger partial charge on any atom is 0.242 e. The molecule has 2 aromatic rings. The number of rotatable bonds is 4. The van der Waals surface area contributed by atoms with Crippen molar-refractivity contribution in [2.45, 2.75) is 25.3 Å². The van der Waals surface area contributed by atoms with Crippen LogP contribution in [0.25, 0.3) is 0 Å². The van der Waals surface area contributed by atoms with Crippen LogP contribution in [0, 0.1) is 13.8 Å². The van der Waals surface area contributed by atoms with Gasteiger partial charge in [-0.1, -0.05) is 15.9 Å². The summed E-state index contributed by atoms with van der Waals surface area (Å²) < 4.78 is 30.4. The maximum absolute atomic E-state index is 12.4. The summed E-state index contributed by atoms with van der Waals surface area (Å²) in [5.41, 5.74) is 2.62. The largest absolute Gasteiger partial charge is 0.275 e. The van der Waals surface area contributed by atoms with Gasteiger partial charge >= 0.3 is 0 Å². The summed E-state index contributed by atoms with van der Waals surface area (Å²) >= 11 is 6.66. The van der Waals surface area contributed by atoms with Crippen LogP contribution in [-0.2, 0) is 23.6 Å². The van der Waals surface area contributed by atoms with Crippen LogP contribution in [0.2, 0.25) is 0 Å². The van der Waals surface area contributed by atoms with Crippen molar-refractivity contribution in [1.82, 2.24) is 14.5 Å². The van der Waals surface area contributed by atoms with Crippen LogP contribution in [0.5, 0.6) is 0 Å². The smallest absolute Gasteiger partial charge is 0.242 e. The Bertz CT molecular complexity index is 785. The summed E-state index contributed by atoms with van der Waals surface area (Å²) in [5.74, 6) is 0. The van der Waals surface area contributed by atoms with Crippen LogP contribution in [0.15, 0.2) is 32.2 Å². The van der Waals surface area contributed by atoms with Crippen LogP contribution in [-0.4, -0.2) is 18.2 Å². The third-order valence-electron chi connectivity index (χ3n) is 3.07. The Hall–Kier alpha value is -0.700. The average Bonchev–Trinajstić information content (AvgIpc) is 2.70. The normalized spacial score (nSPS) is 11.9. The molecule has 0 amide bonds. The van der Waals surface area contributed by atoms with E-state index in [1.807, 2.05) is 13.8 Å². The fourth-order valence-corrected chi connectivity index (χ4v) is 4.59. The van der Waals surface area contributed by atoms with E-state index in [-0.39, 0.29) is 11.4 Å². The zero-order valence-corrected chi connectivity index (χ0v) is 15.8. The van der Waals surface area contributed by atoms with Crippen molar-refractivity contribution >= 4 is 41.9 Å². The highest BCUT2D eigenvalue weighted by Crippen LogP contribution is 2.28. The van der Waals surface area contributed by atoms with Crippen molar-refractivity contribution < 1.29 is 8.42 Å². The number of hydrogen-bond acceptors (Lipinski definition) is 3. The number of halogens is 2. The molecule has 1 heterocycles. The number of aryl methyl sites for hydroxylation is 3. The number of hydrogen-bond donors (Lipinski definition) is 1. The van der Waals surface area contributed by atoms with E-state index in [4.69, 9.17) is 0 Å². The lowest BCUT2D eigenvalue weighted by Crippen LogP contribution is -2.24. The van der Waals surface area contributed by atoms with Gasteiger partial charge in [-0.05, 0) is 47.5 Å². The summed E-state index contributed by atoms with van der Waals surface area (Å²) in [6.45, 7) is 3.96. The molecule has 0 bridgehead atoms. The lowest BCUT2D eigenvalue weighted by molar-refractivity contribution is 0.580. The summed E-state index contributed by atoms with van der Waals surface area (Å²) in [6, 6.07) is 3.37. The molecular formula is C13H15Br2N3O2S. The maximum atomic E-state index is 12.4. The molecule has 0 aliphatic heterocycles. The SMILES string of the molecule is Cc1cc(Br)c(S(=O)(=O)NCc2cn(C)nc2C)cc1Br. The second-order valence-corrected chi connectivity index (χ2v) is 8.21. The first-order chi connectivity index (χ1) is 9.70. The molecule has 1 N–H and O–H groups in total. The molecular weight excluding hydrogens is 422 g/mol. The Morgan fingerprint density at radius 2 is 1.90 bits per heavy atom. The predicted octanol–water partition coefficient (Wildman–Crippen LogP) is 3.04. The monoisotopic (exact) mass is 435 g/mol. The molecule has 1 aromatic heterocycles. The topological polar surface area (TPSA) is 64.0 Å². The Labute approximate surface area is 141 Å². The van der Waals surface area contributed by atoms with Gasteiger partial charge < -0.3 is 0 Å². The van der Waals surface area contributed by atoms with Crippen LogP contribution >= 0.6 is 31.9 Å². The van der Waals surface area contributed by atoms with Gasteiger partial charge in [-0.3, -0.25) is 4.68 Å². The van der Waals surface area contributed by atoms with Gasteiger partial charge in [0.15, 0.2) is 0 Å². The summed E-state index contributed by atoms with van der Waals surface area (Å²) in [4.78, 5) is 0.210. The second-order valence-electron chi connectivity index (χ2n) is 4.77. The first-order valence-electron chi connectivity index (χ1n) is 6.15. The first-order valence-corrected chi connectivity index (χ1v) is 9.22. The van der Waals surface area contributed by atoms with Crippen molar-refractivity contribution in [3.05, 3.63) is 44.1 Å². The molecule has 0 radical (unpaired) electrons. The Morgan fingerprint density at radius 1 is 1.24 bits per heavy atom. The molecule has 114 valence electrons. The minimum Gasteiger partial charge on any atom is -0.275 e. The molecule has 8 heteroatoms. The van der Waals surface area contributed by atoms with Gasteiger partial charge in [0.05, 0.1) is 10.6 Å². The molecule has 0 spiro atoms. The molecule has 0 saturated carbocycles. The van der Waals surface area contributed by atoms with Gasteiger partial charge in [-0.2, -0.15) is 5.10 Å². The lowest BCUT2D eigenvalue weighted by Gasteiger charge is -2.10. The molecule has 2 rings (SSSR count). The lowest BCUT2D eigenvalue weighted by atomic mass is 10.2. The molecule has 0 saturated heterocycles. The number of nitrogens with zero attached hydrogens (tertiary/aromatic N) is 2. The highest BCUT2D eigenvalue weighted by atomic mass is 79.9. The van der Waals surface area contributed by atoms with Crippen LogP contribution in [0.3, 0.4) is 0 Å². The van der Waals surface area contributed by atoms with E-state index in [1.54, 1.807) is 30.1 Å². The van der Waals surface area contributed by atoms with Crippen molar-refractivity contribution in [2.24, 2.45) is 7.05 Å². The summed E-state index contributed by atoms with van der Waals surface area (Å²) in [6.07, 6.45) is 1.80. The Kier molecular flexibility index (Phi) is 4.92. The van der Waals surface area contributed by atoms with Crippen molar-refractivity contribution in [3.63, 3.8) is 0 Å². The van der Waals surface area contributed by atoms with Gasteiger partial charge in [-0.15, -0.1) is 0 Å². The zero-order valence-electron chi connectivity index (χ0n) is 11.8. The predicted molar refractivity (Wildman–Crippen MR) is 88.5 cm³/mol. The fraction of sp³-hybridized carbons (Fsp3) is 0.308. The molecule has 1 aromatic carbocycles. The van der Waals surface area contributed by atoms with E-state index in [2.05, 4.69) is 41.7 Å². The average molecular weight is 437 g/mol. The van der Waals surface area contributed by atoms with Crippen molar-refractivity contribution in [1.29, 1.82) is 0 Å². The van der Waals surface area contributed by atoms with Crippen LogP contribution in [0.1, 0.15) is 16.8 Å². The van der Waals surface area contributed by atoms with Gasteiger partial charge in [0.1, 0.15) is 0 Å². The number of sulfonamides is 1. The van der Waals surface area contributed by atoms with Crippen LogP contribution in [0.4, 0.5) is 0 Å². The standard InChI is InChI=1S/C13H15Br2N3O2S/c1-8-4-12(15)13(5-11(8)14)21(19,20)16-6-10-7-18(3)17-9(10)2/h4-5,7,16H,6H2,1-3H3. The minimum atomic E-state index is -3.60.